The Balaban J connectivity index is 1.60. The number of para-hydroxylation sites is 1. The van der Waals surface area contributed by atoms with Crippen LogP contribution in [0.5, 0.6) is 11.5 Å². The molecule has 4 heteroatoms. The quantitative estimate of drug-likeness (QED) is 0.690. The highest BCUT2D eigenvalue weighted by Crippen LogP contribution is 2.50. The normalized spacial score (nSPS) is 19.4. The molecule has 0 saturated heterocycles. The van der Waals surface area contributed by atoms with Crippen LogP contribution in [-0.4, -0.2) is 17.6 Å². The lowest BCUT2D eigenvalue weighted by Crippen LogP contribution is -2.25. The van der Waals surface area contributed by atoms with E-state index in [2.05, 4.69) is 29.6 Å². The number of carbonyl (C=O) groups is 1. The fourth-order valence-electron chi connectivity index (χ4n) is 4.45. The second-order valence-electron chi connectivity index (χ2n) is 7.15. The first kappa shape index (κ1) is 15.9. The number of anilines is 1. The van der Waals surface area contributed by atoms with Crippen molar-refractivity contribution >= 4 is 11.7 Å². The Morgan fingerprint density at radius 1 is 0.926 bits per heavy atom. The van der Waals surface area contributed by atoms with Gasteiger partial charge in [0.2, 0.25) is 0 Å². The highest BCUT2D eigenvalue weighted by molar-refractivity contribution is 5.96. The Hall–Kier alpha value is -3.27. The van der Waals surface area contributed by atoms with Gasteiger partial charge >= 0.3 is 5.97 Å². The minimum atomic E-state index is -0.939. The summed E-state index contributed by atoms with van der Waals surface area (Å²) < 4.78 is 5.97. The summed E-state index contributed by atoms with van der Waals surface area (Å²) in [5.74, 6) is 0.962. The van der Waals surface area contributed by atoms with Crippen molar-refractivity contribution in [3.05, 3.63) is 89.0 Å². The number of fused-ring (bicyclic) bond motifs is 5. The number of hydrogen-bond acceptors (Lipinski definition) is 3. The van der Waals surface area contributed by atoms with Gasteiger partial charge in [-0.25, -0.2) is 4.79 Å². The van der Waals surface area contributed by atoms with E-state index in [-0.39, 0.29) is 11.5 Å². The highest BCUT2D eigenvalue weighted by Gasteiger charge is 2.38. The van der Waals surface area contributed by atoms with Gasteiger partial charge in [0, 0.05) is 12.5 Å². The maximum Gasteiger partial charge on any atom is 0.337 e. The average Bonchev–Trinajstić information content (AvgIpc) is 3.07. The monoisotopic (exact) mass is 357 g/mol. The first-order valence-electron chi connectivity index (χ1n) is 9.16. The molecule has 2 unspecified atom stereocenters. The van der Waals surface area contributed by atoms with Gasteiger partial charge in [0.1, 0.15) is 11.5 Å². The SMILES string of the molecule is O=C(O)c1cc(Oc2ccccc2)cc2c1NCC1c3ccccc3CC21. The Morgan fingerprint density at radius 2 is 1.70 bits per heavy atom. The zero-order valence-electron chi connectivity index (χ0n) is 14.7. The largest absolute Gasteiger partial charge is 0.478 e. The molecule has 0 fully saturated rings. The standard InChI is InChI=1S/C23H19NO3/c25-23(26)20-12-16(27-15-7-2-1-3-8-15)11-19-18-10-14-6-4-5-9-17(14)21(18)13-24-22(19)20/h1-9,11-12,18,21,24H,10,13H2,(H,25,26). The van der Waals surface area contributed by atoms with Crippen LogP contribution in [0.25, 0.3) is 0 Å². The van der Waals surface area contributed by atoms with Crippen molar-refractivity contribution in [3.63, 3.8) is 0 Å². The molecule has 3 aromatic rings. The number of rotatable bonds is 3. The van der Waals surface area contributed by atoms with E-state index in [1.54, 1.807) is 6.07 Å². The van der Waals surface area contributed by atoms with Gasteiger partial charge in [-0.15, -0.1) is 0 Å². The molecule has 4 nitrogen and oxygen atoms in total. The Bertz CT molecular complexity index is 1030. The van der Waals surface area contributed by atoms with Crippen molar-refractivity contribution < 1.29 is 14.6 Å². The van der Waals surface area contributed by atoms with Gasteiger partial charge in [-0.05, 0) is 53.3 Å². The van der Waals surface area contributed by atoms with Crippen molar-refractivity contribution in [2.24, 2.45) is 0 Å². The Morgan fingerprint density at radius 3 is 2.52 bits per heavy atom. The highest BCUT2D eigenvalue weighted by atomic mass is 16.5. The number of nitrogens with one attached hydrogen (secondary N) is 1. The molecule has 2 N–H and O–H groups in total. The van der Waals surface area contributed by atoms with Crippen LogP contribution in [0.15, 0.2) is 66.7 Å². The maximum absolute atomic E-state index is 11.9. The van der Waals surface area contributed by atoms with E-state index in [1.165, 1.54) is 11.1 Å². The van der Waals surface area contributed by atoms with Crippen molar-refractivity contribution in [2.45, 2.75) is 18.3 Å². The second-order valence-corrected chi connectivity index (χ2v) is 7.15. The molecule has 3 aromatic carbocycles. The van der Waals surface area contributed by atoms with Crippen LogP contribution in [0.3, 0.4) is 0 Å². The lowest BCUT2D eigenvalue weighted by atomic mass is 9.81. The predicted molar refractivity (Wildman–Crippen MR) is 104 cm³/mol. The van der Waals surface area contributed by atoms with E-state index >= 15 is 0 Å². The minimum absolute atomic E-state index is 0.271. The van der Waals surface area contributed by atoms with Gasteiger partial charge in [-0.3, -0.25) is 0 Å². The summed E-state index contributed by atoms with van der Waals surface area (Å²) in [5, 5.41) is 13.1. The van der Waals surface area contributed by atoms with Gasteiger partial charge in [-0.2, -0.15) is 0 Å². The molecule has 27 heavy (non-hydrogen) atoms. The molecule has 1 aliphatic carbocycles. The van der Waals surface area contributed by atoms with Crippen molar-refractivity contribution in [1.82, 2.24) is 0 Å². The van der Waals surface area contributed by atoms with E-state index in [9.17, 15) is 9.90 Å². The van der Waals surface area contributed by atoms with Gasteiger partial charge in [0.25, 0.3) is 0 Å². The van der Waals surface area contributed by atoms with Gasteiger partial charge < -0.3 is 15.2 Å². The predicted octanol–water partition coefficient (Wildman–Crippen LogP) is 5.03. The molecule has 1 heterocycles. The number of carboxylic acids is 1. The summed E-state index contributed by atoms with van der Waals surface area (Å²) in [5.41, 5.74) is 4.76. The van der Waals surface area contributed by atoms with Gasteiger partial charge in [0.15, 0.2) is 0 Å². The molecule has 2 aliphatic rings. The smallest absolute Gasteiger partial charge is 0.337 e. The number of ether oxygens (including phenoxy) is 1. The van der Waals surface area contributed by atoms with Crippen LogP contribution in [0.4, 0.5) is 5.69 Å². The summed E-state index contributed by atoms with van der Waals surface area (Å²) in [4.78, 5) is 11.9. The molecular weight excluding hydrogens is 338 g/mol. The van der Waals surface area contributed by atoms with E-state index in [4.69, 9.17) is 4.74 Å². The summed E-state index contributed by atoms with van der Waals surface area (Å²) in [6, 6.07) is 21.6. The Kier molecular flexibility index (Phi) is 3.64. The second kappa shape index (κ2) is 6.16. The average molecular weight is 357 g/mol. The number of hydrogen-bond donors (Lipinski definition) is 2. The zero-order valence-corrected chi connectivity index (χ0v) is 14.7. The fraction of sp³-hybridized carbons (Fsp3) is 0.174. The van der Waals surface area contributed by atoms with E-state index in [0.717, 1.165) is 24.2 Å². The first-order chi connectivity index (χ1) is 13.2. The topological polar surface area (TPSA) is 58.6 Å². The van der Waals surface area contributed by atoms with Crippen LogP contribution in [0, 0.1) is 0 Å². The third-order valence-electron chi connectivity index (χ3n) is 5.63. The third-order valence-corrected chi connectivity index (χ3v) is 5.63. The molecule has 2 atom stereocenters. The fourth-order valence-corrected chi connectivity index (χ4v) is 4.45. The molecule has 0 aromatic heterocycles. The summed E-state index contributed by atoms with van der Waals surface area (Å²) >= 11 is 0. The van der Waals surface area contributed by atoms with E-state index in [0.29, 0.717) is 17.4 Å². The summed E-state index contributed by atoms with van der Waals surface area (Å²) in [6.07, 6.45) is 0.934. The minimum Gasteiger partial charge on any atom is -0.478 e. The molecule has 0 spiro atoms. The third kappa shape index (κ3) is 2.65. The van der Waals surface area contributed by atoms with Crippen LogP contribution >= 0.6 is 0 Å². The number of carboxylic acid groups (broad SMARTS) is 1. The molecule has 5 rings (SSSR count). The molecule has 0 amide bonds. The van der Waals surface area contributed by atoms with E-state index < -0.39 is 5.97 Å². The van der Waals surface area contributed by atoms with Crippen LogP contribution in [0.2, 0.25) is 0 Å². The zero-order chi connectivity index (χ0) is 18.4. The van der Waals surface area contributed by atoms with Crippen LogP contribution in [-0.2, 0) is 6.42 Å². The lowest BCUT2D eigenvalue weighted by molar-refractivity contribution is 0.0697. The molecule has 0 saturated carbocycles. The Labute approximate surface area is 157 Å². The summed E-state index contributed by atoms with van der Waals surface area (Å²) in [6.45, 7) is 0.758. The summed E-state index contributed by atoms with van der Waals surface area (Å²) in [7, 11) is 0. The maximum atomic E-state index is 11.9. The lowest BCUT2D eigenvalue weighted by Gasteiger charge is -2.31. The van der Waals surface area contributed by atoms with E-state index in [1.807, 2.05) is 36.4 Å². The van der Waals surface area contributed by atoms with Crippen molar-refractivity contribution in [3.8, 4) is 11.5 Å². The first-order valence-corrected chi connectivity index (χ1v) is 9.16. The van der Waals surface area contributed by atoms with Crippen LogP contribution < -0.4 is 10.1 Å². The van der Waals surface area contributed by atoms with Crippen molar-refractivity contribution in [1.29, 1.82) is 0 Å². The molecule has 134 valence electrons. The van der Waals surface area contributed by atoms with Gasteiger partial charge in [0.05, 0.1) is 11.3 Å². The van der Waals surface area contributed by atoms with Crippen molar-refractivity contribution in [2.75, 3.05) is 11.9 Å². The molecule has 1 aliphatic heterocycles. The van der Waals surface area contributed by atoms with Crippen LogP contribution in [0.1, 0.15) is 38.9 Å². The molecule has 0 bridgehead atoms. The van der Waals surface area contributed by atoms with Gasteiger partial charge in [-0.1, -0.05) is 42.5 Å². The molecular formula is C23H19NO3. The number of benzene rings is 3. The molecule has 0 radical (unpaired) electrons. The number of aromatic carboxylic acids is 1.